The highest BCUT2D eigenvalue weighted by molar-refractivity contribution is 7.71. The van der Waals surface area contributed by atoms with Gasteiger partial charge in [-0.2, -0.15) is 0 Å². The summed E-state index contributed by atoms with van der Waals surface area (Å²) in [6.07, 6.45) is 2.47. The van der Waals surface area contributed by atoms with Crippen molar-refractivity contribution in [3.05, 3.63) is 51.6 Å². The second-order valence-electron chi connectivity index (χ2n) is 5.22. The lowest BCUT2D eigenvalue weighted by atomic mass is 10.1. The number of rotatable bonds is 3. The Morgan fingerprint density at radius 3 is 2.77 bits per heavy atom. The summed E-state index contributed by atoms with van der Waals surface area (Å²) in [5.74, 6) is -0.999. The number of ether oxygens (including phenoxy) is 1. The summed E-state index contributed by atoms with van der Waals surface area (Å²) in [6, 6.07) is 2.41. The van der Waals surface area contributed by atoms with Gasteiger partial charge in [0.25, 0.3) is 0 Å². The molecule has 1 aromatic heterocycles. The van der Waals surface area contributed by atoms with E-state index in [1.807, 2.05) is 4.90 Å². The second-order valence-corrected chi connectivity index (χ2v) is 5.61. The van der Waals surface area contributed by atoms with E-state index in [0.717, 1.165) is 17.7 Å². The SMILES string of the molecule is COc1cc(F)c(CN2CCc3[nH]c(=S)ncc3C2)c(F)c1. The summed E-state index contributed by atoms with van der Waals surface area (Å²) in [5, 5.41) is 0. The van der Waals surface area contributed by atoms with Crippen LogP contribution in [0.3, 0.4) is 0 Å². The third kappa shape index (κ3) is 3.00. The van der Waals surface area contributed by atoms with Gasteiger partial charge in [-0.3, -0.25) is 4.90 Å². The van der Waals surface area contributed by atoms with Crippen LogP contribution in [0.2, 0.25) is 0 Å². The lowest BCUT2D eigenvalue weighted by Gasteiger charge is -2.28. The van der Waals surface area contributed by atoms with Crippen molar-refractivity contribution in [2.45, 2.75) is 19.5 Å². The van der Waals surface area contributed by atoms with Crippen LogP contribution in [0.15, 0.2) is 18.3 Å². The quantitative estimate of drug-likeness (QED) is 0.882. The van der Waals surface area contributed by atoms with Gasteiger partial charge in [-0.25, -0.2) is 13.8 Å². The summed E-state index contributed by atoms with van der Waals surface area (Å²) >= 11 is 5.00. The molecule has 0 unspecified atom stereocenters. The first kappa shape index (κ1) is 15.1. The summed E-state index contributed by atoms with van der Waals surface area (Å²) in [5.41, 5.74) is 2.11. The molecule has 1 aliphatic rings. The van der Waals surface area contributed by atoms with Gasteiger partial charge < -0.3 is 9.72 Å². The molecule has 0 bridgehead atoms. The number of fused-ring (bicyclic) bond motifs is 1. The topological polar surface area (TPSA) is 41.1 Å². The van der Waals surface area contributed by atoms with Crippen LogP contribution >= 0.6 is 12.2 Å². The Morgan fingerprint density at radius 1 is 1.36 bits per heavy atom. The molecule has 2 heterocycles. The number of hydrogen-bond acceptors (Lipinski definition) is 4. The van der Waals surface area contributed by atoms with E-state index < -0.39 is 11.6 Å². The molecule has 22 heavy (non-hydrogen) atoms. The van der Waals surface area contributed by atoms with E-state index in [1.54, 1.807) is 6.20 Å². The molecule has 3 rings (SSSR count). The Bertz CT molecular complexity index is 740. The molecule has 7 heteroatoms. The second kappa shape index (κ2) is 6.10. The van der Waals surface area contributed by atoms with E-state index in [1.165, 1.54) is 19.2 Å². The van der Waals surface area contributed by atoms with Crippen LogP contribution in [-0.2, 0) is 19.5 Å². The van der Waals surface area contributed by atoms with Gasteiger partial charge in [-0.15, -0.1) is 0 Å². The van der Waals surface area contributed by atoms with Gasteiger partial charge in [0.05, 0.1) is 7.11 Å². The zero-order valence-electron chi connectivity index (χ0n) is 12.0. The normalized spacial score (nSPS) is 14.7. The first-order valence-corrected chi connectivity index (χ1v) is 7.29. The molecule has 0 spiro atoms. The molecule has 0 saturated heterocycles. The monoisotopic (exact) mass is 323 g/mol. The molecule has 1 N–H and O–H groups in total. The molecule has 116 valence electrons. The van der Waals surface area contributed by atoms with E-state index in [9.17, 15) is 8.78 Å². The van der Waals surface area contributed by atoms with E-state index >= 15 is 0 Å². The fourth-order valence-corrected chi connectivity index (χ4v) is 2.79. The summed E-state index contributed by atoms with van der Waals surface area (Å²) in [7, 11) is 1.38. The maximum absolute atomic E-state index is 14.0. The van der Waals surface area contributed by atoms with Crippen molar-refractivity contribution < 1.29 is 13.5 Å². The Morgan fingerprint density at radius 2 is 2.09 bits per heavy atom. The first-order chi connectivity index (χ1) is 10.6. The summed E-state index contributed by atoms with van der Waals surface area (Å²) in [6.45, 7) is 1.49. The maximum atomic E-state index is 14.0. The number of benzene rings is 1. The highest BCUT2D eigenvalue weighted by Gasteiger charge is 2.20. The minimum atomic E-state index is -0.590. The van der Waals surface area contributed by atoms with E-state index in [2.05, 4.69) is 9.97 Å². The molecule has 0 aliphatic carbocycles. The number of H-pyrrole nitrogens is 1. The largest absolute Gasteiger partial charge is 0.497 e. The molecular weight excluding hydrogens is 308 g/mol. The Labute approximate surface area is 131 Å². The van der Waals surface area contributed by atoms with Gasteiger partial charge in [-0.05, 0) is 12.2 Å². The lowest BCUT2D eigenvalue weighted by Crippen LogP contribution is -2.31. The number of methoxy groups -OCH3 is 1. The van der Waals surface area contributed by atoms with E-state index in [-0.39, 0.29) is 17.9 Å². The van der Waals surface area contributed by atoms with Gasteiger partial charge in [0.2, 0.25) is 0 Å². The maximum Gasteiger partial charge on any atom is 0.196 e. The average molecular weight is 323 g/mol. The molecule has 1 aliphatic heterocycles. The van der Waals surface area contributed by atoms with Crippen molar-refractivity contribution in [2.75, 3.05) is 13.7 Å². The van der Waals surface area contributed by atoms with Crippen LogP contribution in [0.1, 0.15) is 16.8 Å². The number of nitrogens with one attached hydrogen (secondary N) is 1. The third-order valence-electron chi connectivity index (χ3n) is 3.79. The van der Waals surface area contributed by atoms with Crippen LogP contribution in [0.25, 0.3) is 0 Å². The molecule has 1 aromatic carbocycles. The Hall–Kier alpha value is -1.86. The number of nitrogens with zero attached hydrogens (tertiary/aromatic N) is 2. The number of hydrogen-bond donors (Lipinski definition) is 1. The van der Waals surface area contributed by atoms with Crippen LogP contribution in [0.4, 0.5) is 8.78 Å². The molecule has 0 atom stereocenters. The molecular formula is C15H15F2N3OS. The minimum Gasteiger partial charge on any atom is -0.497 e. The van der Waals surface area contributed by atoms with E-state index in [4.69, 9.17) is 17.0 Å². The van der Waals surface area contributed by atoms with E-state index in [0.29, 0.717) is 17.9 Å². The molecule has 0 fully saturated rings. The summed E-state index contributed by atoms with van der Waals surface area (Å²) in [4.78, 5) is 9.10. The van der Waals surface area contributed by atoms with Gasteiger partial charge in [0, 0.05) is 61.2 Å². The van der Waals surface area contributed by atoms with Gasteiger partial charge in [-0.1, -0.05) is 0 Å². The fourth-order valence-electron chi connectivity index (χ4n) is 2.61. The van der Waals surface area contributed by atoms with Gasteiger partial charge in [0.15, 0.2) is 4.77 Å². The van der Waals surface area contributed by atoms with Crippen molar-refractivity contribution in [1.29, 1.82) is 0 Å². The van der Waals surface area contributed by atoms with Crippen molar-refractivity contribution in [3.8, 4) is 5.75 Å². The van der Waals surface area contributed by atoms with Crippen molar-refractivity contribution in [1.82, 2.24) is 14.9 Å². The fraction of sp³-hybridized carbons (Fsp3) is 0.333. The first-order valence-electron chi connectivity index (χ1n) is 6.88. The van der Waals surface area contributed by atoms with Crippen molar-refractivity contribution in [2.24, 2.45) is 0 Å². The van der Waals surface area contributed by atoms with Crippen molar-refractivity contribution in [3.63, 3.8) is 0 Å². The Kier molecular flexibility index (Phi) is 4.17. The molecule has 0 radical (unpaired) electrons. The lowest BCUT2D eigenvalue weighted by molar-refractivity contribution is 0.235. The predicted octanol–water partition coefficient (Wildman–Crippen LogP) is 2.98. The molecule has 2 aromatic rings. The number of aromatic amines is 1. The number of halogens is 2. The smallest absolute Gasteiger partial charge is 0.196 e. The highest BCUT2D eigenvalue weighted by atomic mass is 32.1. The standard InChI is InChI=1S/C15H15F2N3OS/c1-21-10-4-12(16)11(13(17)5-10)8-20-3-2-14-9(7-20)6-18-15(22)19-14/h4-6H,2-3,7-8H2,1H3,(H,18,19,22). The zero-order valence-corrected chi connectivity index (χ0v) is 12.8. The van der Waals surface area contributed by atoms with Crippen molar-refractivity contribution >= 4 is 12.2 Å². The van der Waals surface area contributed by atoms with Crippen LogP contribution < -0.4 is 4.74 Å². The number of aromatic nitrogens is 2. The summed E-state index contributed by atoms with van der Waals surface area (Å²) < 4.78 is 33.4. The highest BCUT2D eigenvalue weighted by Crippen LogP contribution is 2.24. The average Bonchev–Trinajstić information content (AvgIpc) is 2.50. The van der Waals surface area contributed by atoms with Gasteiger partial charge >= 0.3 is 0 Å². The predicted molar refractivity (Wildman–Crippen MR) is 80.1 cm³/mol. The van der Waals surface area contributed by atoms with Crippen LogP contribution in [-0.4, -0.2) is 28.5 Å². The zero-order chi connectivity index (χ0) is 15.7. The van der Waals surface area contributed by atoms with Crippen LogP contribution in [0.5, 0.6) is 5.75 Å². The molecule has 4 nitrogen and oxygen atoms in total. The molecule has 0 saturated carbocycles. The minimum absolute atomic E-state index is 0.0566. The molecule has 0 amide bonds. The van der Waals surface area contributed by atoms with Gasteiger partial charge in [0.1, 0.15) is 17.4 Å². The van der Waals surface area contributed by atoms with Crippen LogP contribution in [0, 0.1) is 16.4 Å². The Balaban J connectivity index is 1.80. The third-order valence-corrected chi connectivity index (χ3v) is 3.99.